The molecular weight excluding hydrogens is 334 g/mol. The first kappa shape index (κ1) is 21.1. The van der Waals surface area contributed by atoms with Gasteiger partial charge in [-0.25, -0.2) is 9.59 Å². The summed E-state index contributed by atoms with van der Waals surface area (Å²) >= 11 is 1.64. The predicted octanol–water partition coefficient (Wildman–Crippen LogP) is 2.33. The molecule has 1 heterocycles. The summed E-state index contributed by atoms with van der Waals surface area (Å²) in [5.74, 6) is 0.431. The fourth-order valence-electron chi connectivity index (χ4n) is 2.10. The zero-order valence-corrected chi connectivity index (χ0v) is 16.2. The van der Waals surface area contributed by atoms with E-state index in [1.165, 1.54) is 7.11 Å². The van der Waals surface area contributed by atoms with Gasteiger partial charge < -0.3 is 24.3 Å². The molecule has 1 rings (SSSR count). The molecule has 2 atom stereocenters. The van der Waals surface area contributed by atoms with Gasteiger partial charge in [0.15, 0.2) is 5.79 Å². The smallest absolute Gasteiger partial charge is 0.408 e. The molecule has 0 bridgehead atoms. The van der Waals surface area contributed by atoms with Crippen molar-refractivity contribution >= 4 is 23.8 Å². The van der Waals surface area contributed by atoms with Crippen LogP contribution >= 0.6 is 11.8 Å². The number of esters is 1. The molecule has 8 heteroatoms. The third kappa shape index (κ3) is 8.21. The van der Waals surface area contributed by atoms with Gasteiger partial charge in [-0.05, 0) is 46.8 Å². The number of thioether (sulfide) groups is 1. The standard InChI is InChI=1S/C16H29NO6S/c1-15(2,3)23-14(19)17-12(13(18)20-6)7-8-24-10-11-9-21-16(4,5)22-11/h11-12H,7-10H2,1-6H3,(H,17,19)/t11-,12+/m1/s1. The molecule has 0 spiro atoms. The van der Waals surface area contributed by atoms with Crippen LogP contribution in [0.2, 0.25) is 0 Å². The van der Waals surface area contributed by atoms with Crippen LogP contribution in [0.15, 0.2) is 0 Å². The van der Waals surface area contributed by atoms with Crippen LogP contribution in [0.1, 0.15) is 41.0 Å². The van der Waals surface area contributed by atoms with Crippen molar-refractivity contribution in [1.82, 2.24) is 5.32 Å². The molecule has 7 nitrogen and oxygen atoms in total. The highest BCUT2D eigenvalue weighted by molar-refractivity contribution is 7.99. The van der Waals surface area contributed by atoms with E-state index >= 15 is 0 Å². The molecule has 1 N–H and O–H groups in total. The van der Waals surface area contributed by atoms with Crippen LogP contribution in [-0.4, -0.2) is 60.8 Å². The number of rotatable bonds is 7. The first-order valence-electron chi connectivity index (χ1n) is 7.99. The summed E-state index contributed by atoms with van der Waals surface area (Å²) in [5.41, 5.74) is -0.619. The highest BCUT2D eigenvalue weighted by Gasteiger charge is 2.32. The van der Waals surface area contributed by atoms with Crippen molar-refractivity contribution in [2.24, 2.45) is 0 Å². The molecule has 0 aromatic carbocycles. The van der Waals surface area contributed by atoms with Gasteiger partial charge in [0.1, 0.15) is 11.6 Å². The summed E-state index contributed by atoms with van der Waals surface area (Å²) in [6.45, 7) is 9.63. The molecule has 0 aromatic heterocycles. The molecule has 1 fully saturated rings. The molecule has 140 valence electrons. The fourth-order valence-corrected chi connectivity index (χ4v) is 3.10. The average molecular weight is 363 g/mol. The second-order valence-electron chi connectivity index (χ2n) is 7.04. The number of methoxy groups -OCH3 is 1. The molecule has 0 unspecified atom stereocenters. The Balaban J connectivity index is 2.35. The lowest BCUT2D eigenvalue weighted by molar-refractivity contribution is -0.143. The SMILES string of the molecule is COC(=O)[C@H](CCSC[C@H]1COC(C)(C)O1)NC(=O)OC(C)(C)C. The van der Waals surface area contributed by atoms with Crippen molar-refractivity contribution in [3.63, 3.8) is 0 Å². The quantitative estimate of drug-likeness (QED) is 0.549. The summed E-state index contributed by atoms with van der Waals surface area (Å²) < 4.78 is 21.1. The molecule has 0 radical (unpaired) electrons. The Morgan fingerprint density at radius 1 is 1.38 bits per heavy atom. The number of ether oxygens (including phenoxy) is 4. The van der Waals surface area contributed by atoms with Gasteiger partial charge >= 0.3 is 12.1 Å². The van der Waals surface area contributed by atoms with E-state index in [0.717, 1.165) is 5.75 Å². The fraction of sp³-hybridized carbons (Fsp3) is 0.875. The van der Waals surface area contributed by atoms with Gasteiger partial charge in [0.05, 0.1) is 19.8 Å². The van der Waals surface area contributed by atoms with Gasteiger partial charge in [0.25, 0.3) is 0 Å². The first-order chi connectivity index (χ1) is 11.0. The van der Waals surface area contributed by atoms with Gasteiger partial charge in [0.2, 0.25) is 0 Å². The maximum Gasteiger partial charge on any atom is 0.408 e. The summed E-state index contributed by atoms with van der Waals surface area (Å²) in [5, 5.41) is 2.56. The molecule has 0 aromatic rings. The number of nitrogens with one attached hydrogen (secondary N) is 1. The van der Waals surface area contributed by atoms with Crippen LogP contribution in [0.25, 0.3) is 0 Å². The maximum atomic E-state index is 11.8. The van der Waals surface area contributed by atoms with Crippen LogP contribution in [-0.2, 0) is 23.7 Å². The number of carbonyl (C=O) groups is 2. The zero-order chi connectivity index (χ0) is 18.4. The highest BCUT2D eigenvalue weighted by atomic mass is 32.2. The molecule has 1 amide bonds. The Morgan fingerprint density at radius 3 is 2.54 bits per heavy atom. The Bertz CT molecular complexity index is 435. The minimum atomic E-state index is -0.727. The van der Waals surface area contributed by atoms with E-state index in [4.69, 9.17) is 18.9 Å². The Morgan fingerprint density at radius 2 is 2.04 bits per heavy atom. The lowest BCUT2D eigenvalue weighted by Crippen LogP contribution is -2.44. The third-order valence-electron chi connectivity index (χ3n) is 3.10. The summed E-state index contributed by atoms with van der Waals surface area (Å²) in [6, 6.07) is -0.727. The van der Waals surface area contributed by atoms with E-state index in [2.05, 4.69) is 5.32 Å². The third-order valence-corrected chi connectivity index (χ3v) is 4.23. The number of hydrogen-bond donors (Lipinski definition) is 1. The molecule has 24 heavy (non-hydrogen) atoms. The second kappa shape index (κ2) is 8.92. The van der Waals surface area contributed by atoms with Crippen molar-refractivity contribution < 1.29 is 28.5 Å². The van der Waals surface area contributed by atoms with E-state index in [1.807, 2.05) is 13.8 Å². The van der Waals surface area contributed by atoms with Gasteiger partial charge in [-0.15, -0.1) is 0 Å². The lowest BCUT2D eigenvalue weighted by atomic mass is 10.2. The Hall–Kier alpha value is -0.990. The van der Waals surface area contributed by atoms with Crippen LogP contribution in [0, 0.1) is 0 Å². The van der Waals surface area contributed by atoms with Crippen molar-refractivity contribution in [2.75, 3.05) is 25.2 Å². The van der Waals surface area contributed by atoms with Crippen LogP contribution < -0.4 is 5.32 Å². The number of amides is 1. The molecule has 1 aliphatic rings. The van der Waals surface area contributed by atoms with Crippen molar-refractivity contribution in [3.05, 3.63) is 0 Å². The molecule has 1 aliphatic heterocycles. The van der Waals surface area contributed by atoms with Gasteiger partial charge in [0, 0.05) is 5.75 Å². The molecular formula is C16H29NO6S. The highest BCUT2D eigenvalue weighted by Crippen LogP contribution is 2.24. The normalized spacial score (nSPS) is 21.2. The minimum Gasteiger partial charge on any atom is -0.467 e. The van der Waals surface area contributed by atoms with Crippen LogP contribution in [0.4, 0.5) is 4.79 Å². The van der Waals surface area contributed by atoms with E-state index in [-0.39, 0.29) is 6.10 Å². The van der Waals surface area contributed by atoms with Gasteiger partial charge in [-0.2, -0.15) is 11.8 Å². The van der Waals surface area contributed by atoms with E-state index in [0.29, 0.717) is 18.8 Å². The van der Waals surface area contributed by atoms with Crippen molar-refractivity contribution in [3.8, 4) is 0 Å². The van der Waals surface area contributed by atoms with Crippen molar-refractivity contribution in [2.45, 2.75) is 64.6 Å². The summed E-state index contributed by atoms with van der Waals surface area (Å²) in [4.78, 5) is 23.6. The van der Waals surface area contributed by atoms with Gasteiger partial charge in [-0.3, -0.25) is 0 Å². The van der Waals surface area contributed by atoms with E-state index in [1.54, 1.807) is 32.5 Å². The van der Waals surface area contributed by atoms with Crippen LogP contribution in [0.5, 0.6) is 0 Å². The predicted molar refractivity (Wildman–Crippen MR) is 92.0 cm³/mol. The Kier molecular flexibility index (Phi) is 7.82. The minimum absolute atomic E-state index is 0.0420. The van der Waals surface area contributed by atoms with Crippen molar-refractivity contribution in [1.29, 1.82) is 0 Å². The van der Waals surface area contributed by atoms with Crippen LogP contribution in [0.3, 0.4) is 0 Å². The molecule has 0 aliphatic carbocycles. The Labute approximate surface area is 148 Å². The van der Waals surface area contributed by atoms with E-state index in [9.17, 15) is 9.59 Å². The monoisotopic (exact) mass is 363 g/mol. The first-order valence-corrected chi connectivity index (χ1v) is 9.15. The number of alkyl carbamates (subject to hydrolysis) is 1. The summed E-state index contributed by atoms with van der Waals surface area (Å²) in [6.07, 6.45) is -0.134. The second-order valence-corrected chi connectivity index (χ2v) is 8.19. The number of carbonyl (C=O) groups excluding carboxylic acids is 2. The van der Waals surface area contributed by atoms with E-state index < -0.39 is 29.5 Å². The molecule has 0 saturated carbocycles. The molecule has 1 saturated heterocycles. The summed E-state index contributed by atoms with van der Waals surface area (Å²) in [7, 11) is 1.30. The zero-order valence-electron chi connectivity index (χ0n) is 15.3. The maximum absolute atomic E-state index is 11.8. The van der Waals surface area contributed by atoms with Gasteiger partial charge in [-0.1, -0.05) is 0 Å². The lowest BCUT2D eigenvalue weighted by Gasteiger charge is -2.22. The average Bonchev–Trinajstić information content (AvgIpc) is 2.78. The largest absolute Gasteiger partial charge is 0.467 e. The topological polar surface area (TPSA) is 83.1 Å². The number of hydrogen-bond acceptors (Lipinski definition) is 7.